The molecule has 0 amide bonds. The van der Waals surface area contributed by atoms with Crippen molar-refractivity contribution in [1.29, 1.82) is 0 Å². The number of aryl methyl sites for hydroxylation is 1. The first-order valence-corrected chi connectivity index (χ1v) is 11.2. The highest BCUT2D eigenvalue weighted by atomic mass is 32.2. The van der Waals surface area contributed by atoms with Crippen molar-refractivity contribution in [2.45, 2.75) is 63.4 Å². The predicted molar refractivity (Wildman–Crippen MR) is 115 cm³/mol. The third-order valence-electron chi connectivity index (χ3n) is 5.36. The van der Waals surface area contributed by atoms with Crippen LogP contribution >= 0.6 is 0 Å². The summed E-state index contributed by atoms with van der Waals surface area (Å²) in [5.41, 5.74) is -4.33. The monoisotopic (exact) mass is 445 g/mol. The number of nitrogens with zero attached hydrogens (tertiary/aromatic N) is 4. The molecule has 2 fully saturated rings. The van der Waals surface area contributed by atoms with E-state index in [0.717, 1.165) is 23.1 Å². The van der Waals surface area contributed by atoms with Crippen molar-refractivity contribution in [3.63, 3.8) is 0 Å². The number of sulfonamides is 1. The molecule has 1 aliphatic carbocycles. The van der Waals surface area contributed by atoms with Crippen molar-refractivity contribution in [2.24, 2.45) is 0 Å². The summed E-state index contributed by atoms with van der Waals surface area (Å²) in [6.45, 7) is -7.13. The molecule has 0 bridgehead atoms. The Kier molecular flexibility index (Phi) is 3.06. The minimum atomic E-state index is -3.91. The summed E-state index contributed by atoms with van der Waals surface area (Å²) in [5, 5.41) is 13.8. The van der Waals surface area contributed by atoms with E-state index in [-0.39, 0.29) is 36.2 Å². The summed E-state index contributed by atoms with van der Waals surface area (Å²) in [7, 11) is -3.91. The number of hydrogen-bond donors (Lipinski definition) is 2. The molecule has 0 radical (unpaired) electrons. The highest BCUT2D eigenvalue weighted by Crippen LogP contribution is 2.39. The summed E-state index contributed by atoms with van der Waals surface area (Å²) >= 11 is 0. The van der Waals surface area contributed by atoms with E-state index >= 15 is 0 Å². The summed E-state index contributed by atoms with van der Waals surface area (Å²) in [4.78, 5) is 21.8. The standard InChI is InChI=1S/C20H29N5O4S/c1-13-11-14-12-21-19(22-15-6-9-24(10-7-15)30(3,28)29)23-17(14)25(18(13)26)16-5-4-8-20(16,2)27/h11-12,15-16,27H,4-10H2,1-3H3,(H,21,22,23)/i1D3,2D3,6D2,7D2. The second kappa shape index (κ2) is 7.58. The van der Waals surface area contributed by atoms with Gasteiger partial charge in [-0.2, -0.15) is 4.98 Å². The van der Waals surface area contributed by atoms with E-state index in [9.17, 15) is 18.3 Å². The summed E-state index contributed by atoms with van der Waals surface area (Å²) < 4.78 is 106. The van der Waals surface area contributed by atoms with Crippen LogP contribution in [0.1, 0.15) is 64.2 Å². The van der Waals surface area contributed by atoms with E-state index in [4.69, 9.17) is 13.7 Å². The topological polar surface area (TPSA) is 117 Å². The van der Waals surface area contributed by atoms with Gasteiger partial charge in [-0.3, -0.25) is 9.36 Å². The van der Waals surface area contributed by atoms with E-state index in [2.05, 4.69) is 15.3 Å². The van der Waals surface area contributed by atoms with Gasteiger partial charge in [-0.05, 0) is 51.8 Å². The van der Waals surface area contributed by atoms with Gasteiger partial charge in [0, 0.05) is 50.0 Å². The first-order valence-electron chi connectivity index (χ1n) is 14.4. The Morgan fingerprint density at radius 1 is 1.40 bits per heavy atom. The van der Waals surface area contributed by atoms with Crippen molar-refractivity contribution < 1.29 is 27.2 Å². The Morgan fingerprint density at radius 2 is 2.17 bits per heavy atom. The molecule has 1 aliphatic heterocycles. The Balaban J connectivity index is 1.88. The number of aromatic nitrogens is 3. The SMILES string of the molecule is [2H]C([2H])([2H])c1cc2cnc(NC3C([2H])([2H])CN(S(C)(=O)=O)CC3([2H])[2H])nc2n(C2CCCC2(O)C([2H])([2H])[2H])c1=O. The third kappa shape index (κ3) is 3.95. The maximum absolute atomic E-state index is 13.5. The molecule has 0 aromatic carbocycles. The van der Waals surface area contributed by atoms with Crippen LogP contribution in [-0.4, -0.2) is 63.4 Å². The minimum absolute atomic E-state index is 0.0222. The van der Waals surface area contributed by atoms with Gasteiger partial charge in [0.25, 0.3) is 5.56 Å². The van der Waals surface area contributed by atoms with Crippen molar-refractivity contribution in [2.75, 3.05) is 24.7 Å². The van der Waals surface area contributed by atoms with Crippen molar-refractivity contribution in [3.8, 4) is 0 Å². The van der Waals surface area contributed by atoms with Gasteiger partial charge in [0.1, 0.15) is 5.65 Å². The van der Waals surface area contributed by atoms with Crippen LogP contribution in [0.15, 0.2) is 17.1 Å². The van der Waals surface area contributed by atoms with Crippen LogP contribution in [0.25, 0.3) is 11.0 Å². The summed E-state index contributed by atoms with van der Waals surface area (Å²) in [5.74, 6) is -0.372. The van der Waals surface area contributed by atoms with Gasteiger partial charge in [0.05, 0.1) is 17.9 Å². The Hall–Kier alpha value is -2.04. The van der Waals surface area contributed by atoms with E-state index < -0.39 is 78.4 Å². The molecule has 9 nitrogen and oxygen atoms in total. The maximum atomic E-state index is 13.5. The van der Waals surface area contributed by atoms with Gasteiger partial charge in [0.15, 0.2) is 0 Å². The van der Waals surface area contributed by atoms with Gasteiger partial charge in [-0.25, -0.2) is 17.7 Å². The summed E-state index contributed by atoms with van der Waals surface area (Å²) in [6.07, 6.45) is -2.86. The lowest BCUT2D eigenvalue weighted by Crippen LogP contribution is -2.42. The first kappa shape index (κ1) is 12.1. The molecule has 10 heteroatoms. The number of nitrogens with one attached hydrogen (secondary N) is 1. The molecule has 2 aromatic rings. The molecular weight excluding hydrogens is 406 g/mol. The van der Waals surface area contributed by atoms with Crippen LogP contribution in [0.2, 0.25) is 0 Å². The van der Waals surface area contributed by atoms with Crippen LogP contribution < -0.4 is 10.9 Å². The Bertz CT molecular complexity index is 1480. The highest BCUT2D eigenvalue weighted by Gasteiger charge is 2.39. The van der Waals surface area contributed by atoms with Crippen molar-refractivity contribution in [1.82, 2.24) is 18.8 Å². The molecule has 2 aliphatic rings. The fourth-order valence-corrected chi connectivity index (χ4v) is 4.39. The van der Waals surface area contributed by atoms with Crippen LogP contribution in [-0.2, 0) is 10.0 Å². The average Bonchev–Trinajstić information content (AvgIpc) is 3.16. The predicted octanol–water partition coefficient (Wildman–Crippen LogP) is 1.41. The molecule has 30 heavy (non-hydrogen) atoms. The lowest BCUT2D eigenvalue weighted by molar-refractivity contribution is 0.0266. The van der Waals surface area contributed by atoms with E-state index in [1.807, 2.05) is 0 Å². The second-order valence-electron chi connectivity index (χ2n) is 7.55. The Labute approximate surface area is 190 Å². The molecule has 2 unspecified atom stereocenters. The lowest BCUT2D eigenvalue weighted by atomic mass is 9.99. The number of rotatable bonds is 4. The quantitative estimate of drug-likeness (QED) is 0.731. The molecule has 1 saturated carbocycles. The average molecular weight is 446 g/mol. The smallest absolute Gasteiger partial charge is 0.255 e. The molecule has 164 valence electrons. The van der Waals surface area contributed by atoms with E-state index in [1.54, 1.807) is 0 Å². The molecular formula is C20H29N5O4S. The number of piperidine rings is 1. The highest BCUT2D eigenvalue weighted by molar-refractivity contribution is 7.88. The number of hydrogen-bond acceptors (Lipinski definition) is 7. The fourth-order valence-electron chi connectivity index (χ4n) is 3.77. The van der Waals surface area contributed by atoms with Crippen LogP contribution in [0, 0.1) is 6.85 Å². The maximum Gasteiger partial charge on any atom is 0.255 e. The third-order valence-corrected chi connectivity index (χ3v) is 6.55. The zero-order chi connectivity index (χ0) is 30.3. The number of pyridine rings is 1. The molecule has 0 spiro atoms. The minimum Gasteiger partial charge on any atom is -0.388 e. The Morgan fingerprint density at radius 3 is 2.83 bits per heavy atom. The first-order chi connectivity index (χ1) is 18.0. The largest absolute Gasteiger partial charge is 0.388 e. The number of fused-ring (bicyclic) bond motifs is 1. The lowest BCUT2D eigenvalue weighted by Gasteiger charge is -2.31. The van der Waals surface area contributed by atoms with E-state index in [0.29, 0.717) is 4.31 Å². The molecule has 4 rings (SSSR count). The van der Waals surface area contributed by atoms with Crippen molar-refractivity contribution in [3.05, 3.63) is 28.2 Å². The van der Waals surface area contributed by atoms with Gasteiger partial charge in [-0.15, -0.1) is 0 Å². The number of aliphatic hydroxyl groups is 1. The van der Waals surface area contributed by atoms with Gasteiger partial charge < -0.3 is 10.4 Å². The molecule has 2 aromatic heterocycles. The van der Waals surface area contributed by atoms with Crippen molar-refractivity contribution >= 4 is 27.0 Å². The van der Waals surface area contributed by atoms with Gasteiger partial charge in [-0.1, -0.05) is 0 Å². The van der Waals surface area contributed by atoms with Gasteiger partial charge in [0.2, 0.25) is 16.0 Å². The number of anilines is 1. The van der Waals surface area contributed by atoms with Crippen LogP contribution in [0.3, 0.4) is 0 Å². The molecule has 1 saturated heterocycles. The zero-order valence-electron chi connectivity index (χ0n) is 26.2. The second-order valence-corrected chi connectivity index (χ2v) is 9.54. The zero-order valence-corrected chi connectivity index (χ0v) is 17.0. The van der Waals surface area contributed by atoms with E-state index in [1.165, 1.54) is 0 Å². The molecule has 3 heterocycles. The summed E-state index contributed by atoms with van der Waals surface area (Å²) in [6, 6.07) is -1.99. The van der Waals surface area contributed by atoms with Crippen LogP contribution in [0.4, 0.5) is 5.95 Å². The fraction of sp³-hybridized carbons (Fsp3) is 0.650. The molecule has 2 atom stereocenters. The van der Waals surface area contributed by atoms with Crippen LogP contribution in [0.5, 0.6) is 0 Å². The van der Waals surface area contributed by atoms with Gasteiger partial charge >= 0.3 is 0 Å². The normalized spacial score (nSPS) is 35.5. The molecule has 2 N–H and O–H groups in total.